The van der Waals surface area contributed by atoms with E-state index in [0.29, 0.717) is 18.4 Å². The molecule has 3 rings (SSSR count). The van der Waals surface area contributed by atoms with Gasteiger partial charge in [-0.2, -0.15) is 0 Å². The van der Waals surface area contributed by atoms with E-state index >= 15 is 0 Å². The van der Waals surface area contributed by atoms with E-state index in [9.17, 15) is 9.50 Å². The third-order valence-electron chi connectivity index (χ3n) is 4.15. The second-order valence-corrected chi connectivity index (χ2v) is 6.50. The van der Waals surface area contributed by atoms with Crippen LogP contribution in [0, 0.1) is 12.7 Å². The van der Waals surface area contributed by atoms with E-state index in [-0.39, 0.29) is 5.82 Å². The van der Waals surface area contributed by atoms with Gasteiger partial charge >= 0.3 is 0 Å². The van der Waals surface area contributed by atoms with Crippen LogP contribution in [0.5, 0.6) is 0 Å². The van der Waals surface area contributed by atoms with Crippen LogP contribution in [0.2, 0.25) is 0 Å². The number of aryl methyl sites for hydroxylation is 2. The van der Waals surface area contributed by atoms with E-state index in [2.05, 4.69) is 28.1 Å². The lowest BCUT2D eigenvalue weighted by Gasteiger charge is -2.34. The Hall–Kier alpha value is -1.19. The van der Waals surface area contributed by atoms with Gasteiger partial charge in [-0.15, -0.1) is 0 Å². The highest BCUT2D eigenvalue weighted by Crippen LogP contribution is 2.37. The minimum atomic E-state index is -0.890. The average Bonchev–Trinajstić information content (AvgIpc) is 2.42. The Morgan fingerprint density at radius 1 is 1.15 bits per heavy atom. The van der Waals surface area contributed by atoms with Crippen LogP contribution >= 0.6 is 15.9 Å². The van der Waals surface area contributed by atoms with Crippen molar-refractivity contribution in [3.05, 3.63) is 68.9 Å². The van der Waals surface area contributed by atoms with E-state index < -0.39 is 5.60 Å². The SMILES string of the molecule is Cc1cc(C2(O)CCc3cc(Br)ccc3C2)ccc1F. The zero-order valence-corrected chi connectivity index (χ0v) is 12.9. The predicted octanol–water partition coefficient (Wildman–Crippen LogP) is 4.27. The summed E-state index contributed by atoms with van der Waals surface area (Å²) in [6, 6.07) is 11.1. The molecule has 1 N–H and O–H groups in total. The minimum Gasteiger partial charge on any atom is -0.385 e. The number of benzene rings is 2. The molecule has 0 saturated heterocycles. The lowest BCUT2D eigenvalue weighted by molar-refractivity contribution is 0.0221. The monoisotopic (exact) mass is 334 g/mol. The van der Waals surface area contributed by atoms with Crippen LogP contribution in [0.3, 0.4) is 0 Å². The van der Waals surface area contributed by atoms with Gasteiger partial charge in [-0.1, -0.05) is 34.1 Å². The number of aliphatic hydroxyl groups is 1. The average molecular weight is 335 g/mol. The zero-order chi connectivity index (χ0) is 14.3. The molecule has 1 atom stereocenters. The van der Waals surface area contributed by atoms with Gasteiger partial charge < -0.3 is 5.11 Å². The Kier molecular flexibility index (Phi) is 3.43. The first-order valence-electron chi connectivity index (χ1n) is 6.74. The third kappa shape index (κ3) is 2.40. The molecular weight excluding hydrogens is 319 g/mol. The quantitative estimate of drug-likeness (QED) is 0.825. The summed E-state index contributed by atoms with van der Waals surface area (Å²) >= 11 is 3.48. The van der Waals surface area contributed by atoms with Crippen LogP contribution < -0.4 is 0 Å². The van der Waals surface area contributed by atoms with Gasteiger partial charge in [-0.3, -0.25) is 0 Å². The lowest BCUT2D eigenvalue weighted by Crippen LogP contribution is -2.33. The van der Waals surface area contributed by atoms with Crippen LogP contribution in [-0.4, -0.2) is 5.11 Å². The van der Waals surface area contributed by atoms with Crippen molar-refractivity contribution in [3.63, 3.8) is 0 Å². The molecule has 20 heavy (non-hydrogen) atoms. The van der Waals surface area contributed by atoms with Gasteiger partial charge in [0.05, 0.1) is 5.60 Å². The van der Waals surface area contributed by atoms with Crippen molar-refractivity contribution >= 4 is 15.9 Å². The summed E-state index contributed by atoms with van der Waals surface area (Å²) in [6.07, 6.45) is 2.09. The molecule has 0 saturated carbocycles. The number of hydrogen-bond donors (Lipinski definition) is 1. The molecule has 1 unspecified atom stereocenters. The van der Waals surface area contributed by atoms with Crippen LogP contribution in [0.15, 0.2) is 40.9 Å². The summed E-state index contributed by atoms with van der Waals surface area (Å²) in [6.45, 7) is 1.73. The summed E-state index contributed by atoms with van der Waals surface area (Å²) in [5, 5.41) is 10.9. The van der Waals surface area contributed by atoms with Crippen molar-refractivity contribution < 1.29 is 9.50 Å². The molecule has 0 spiro atoms. The van der Waals surface area contributed by atoms with Crippen molar-refractivity contribution in [2.75, 3.05) is 0 Å². The second kappa shape index (κ2) is 4.97. The van der Waals surface area contributed by atoms with Gasteiger partial charge in [0.1, 0.15) is 5.82 Å². The van der Waals surface area contributed by atoms with Gasteiger partial charge in [-0.05, 0) is 60.2 Å². The molecule has 1 aliphatic carbocycles. The van der Waals surface area contributed by atoms with Crippen LogP contribution in [0.4, 0.5) is 4.39 Å². The Bertz CT molecular complexity index is 668. The summed E-state index contributed by atoms with van der Waals surface area (Å²) in [5.74, 6) is -0.225. The van der Waals surface area contributed by atoms with Gasteiger partial charge in [0, 0.05) is 10.9 Å². The Labute approximate surface area is 126 Å². The fraction of sp³-hybridized carbons (Fsp3) is 0.294. The van der Waals surface area contributed by atoms with E-state index in [1.54, 1.807) is 19.1 Å². The normalized spacial score (nSPS) is 21.6. The van der Waals surface area contributed by atoms with Crippen molar-refractivity contribution in [1.29, 1.82) is 0 Å². The highest BCUT2D eigenvalue weighted by Gasteiger charge is 2.34. The fourth-order valence-electron chi connectivity index (χ4n) is 2.93. The van der Waals surface area contributed by atoms with E-state index in [1.807, 2.05) is 6.07 Å². The van der Waals surface area contributed by atoms with E-state index in [0.717, 1.165) is 16.5 Å². The molecule has 0 amide bonds. The molecule has 0 fully saturated rings. The molecule has 1 aliphatic rings. The first-order chi connectivity index (χ1) is 9.48. The highest BCUT2D eigenvalue weighted by atomic mass is 79.9. The molecule has 1 nitrogen and oxygen atoms in total. The van der Waals surface area contributed by atoms with E-state index in [1.165, 1.54) is 17.2 Å². The maximum atomic E-state index is 13.4. The smallest absolute Gasteiger partial charge is 0.126 e. The number of hydrogen-bond acceptors (Lipinski definition) is 1. The van der Waals surface area contributed by atoms with Gasteiger partial charge in [0.2, 0.25) is 0 Å². The highest BCUT2D eigenvalue weighted by molar-refractivity contribution is 9.10. The molecule has 0 radical (unpaired) electrons. The van der Waals surface area contributed by atoms with Crippen molar-refractivity contribution in [2.24, 2.45) is 0 Å². The van der Waals surface area contributed by atoms with Crippen LogP contribution in [-0.2, 0) is 18.4 Å². The van der Waals surface area contributed by atoms with Crippen molar-refractivity contribution in [3.8, 4) is 0 Å². The van der Waals surface area contributed by atoms with Crippen molar-refractivity contribution in [2.45, 2.75) is 31.8 Å². The first kappa shape index (κ1) is 13.8. The van der Waals surface area contributed by atoms with Crippen LogP contribution in [0.25, 0.3) is 0 Å². The molecule has 104 valence electrons. The third-order valence-corrected chi connectivity index (χ3v) is 4.65. The van der Waals surface area contributed by atoms with Crippen molar-refractivity contribution in [1.82, 2.24) is 0 Å². The molecular formula is C17H16BrFO. The summed E-state index contributed by atoms with van der Waals surface area (Å²) in [7, 11) is 0. The lowest BCUT2D eigenvalue weighted by atomic mass is 9.76. The Balaban J connectivity index is 1.98. The van der Waals surface area contributed by atoms with Gasteiger partial charge in [0.15, 0.2) is 0 Å². The number of rotatable bonds is 1. The van der Waals surface area contributed by atoms with Crippen LogP contribution in [0.1, 0.15) is 28.7 Å². The van der Waals surface area contributed by atoms with E-state index in [4.69, 9.17) is 0 Å². The molecule has 2 aromatic carbocycles. The Morgan fingerprint density at radius 3 is 2.70 bits per heavy atom. The summed E-state index contributed by atoms with van der Waals surface area (Å²) in [5.41, 5.74) is 2.95. The molecule has 0 heterocycles. The zero-order valence-electron chi connectivity index (χ0n) is 11.3. The maximum Gasteiger partial charge on any atom is 0.126 e. The minimum absolute atomic E-state index is 0.225. The predicted molar refractivity (Wildman–Crippen MR) is 81.2 cm³/mol. The molecule has 3 heteroatoms. The molecule has 0 bridgehead atoms. The molecule has 0 aromatic heterocycles. The molecule has 2 aromatic rings. The van der Waals surface area contributed by atoms with Gasteiger partial charge in [0.25, 0.3) is 0 Å². The maximum absolute atomic E-state index is 13.4. The topological polar surface area (TPSA) is 20.2 Å². The largest absolute Gasteiger partial charge is 0.385 e. The summed E-state index contributed by atoms with van der Waals surface area (Å²) in [4.78, 5) is 0. The second-order valence-electron chi connectivity index (χ2n) is 5.59. The van der Waals surface area contributed by atoms with Gasteiger partial charge in [-0.25, -0.2) is 4.39 Å². The number of fused-ring (bicyclic) bond motifs is 1. The molecule has 0 aliphatic heterocycles. The Morgan fingerprint density at radius 2 is 1.95 bits per heavy atom. The fourth-order valence-corrected chi connectivity index (χ4v) is 3.33. The first-order valence-corrected chi connectivity index (χ1v) is 7.53. The number of halogens is 2. The summed E-state index contributed by atoms with van der Waals surface area (Å²) < 4.78 is 14.5. The standard InChI is InChI=1S/C17H16BrFO/c1-11-8-14(3-5-16(11)19)17(20)7-6-12-9-15(18)4-2-13(12)10-17/h2-5,8-9,20H,6-7,10H2,1H3.